The standard InChI is InChI=1S/C52H60O8P2S/c1-49(2,3)37-51(7,8)39-31-33-45(59-61(55-41-23-15-11-16-24-41)56-42-25-17-12-18-26-42)47(35-39)63(53,54)48-36-40(52(9,10)38-50(4,5)6)32-34-46(48)60-62(57-43-27-19-13-20-28-43)58-44-29-21-14-22-30-44/h11-36H,37-38H2,1-10H3. The van der Waals surface area contributed by atoms with Gasteiger partial charge in [-0.15, -0.1) is 0 Å². The highest BCUT2D eigenvalue weighted by Gasteiger charge is 2.37. The predicted molar refractivity (Wildman–Crippen MR) is 256 cm³/mol. The third-order valence-corrected chi connectivity index (χ3v) is 13.9. The fraction of sp³-hybridized carbons (Fsp3) is 0.308. The van der Waals surface area contributed by atoms with E-state index in [2.05, 4.69) is 69.2 Å². The van der Waals surface area contributed by atoms with E-state index >= 15 is 8.42 Å². The van der Waals surface area contributed by atoms with Gasteiger partial charge < -0.3 is 27.1 Å². The zero-order valence-corrected chi connectivity index (χ0v) is 40.6. The van der Waals surface area contributed by atoms with Crippen LogP contribution in [0.5, 0.6) is 34.5 Å². The van der Waals surface area contributed by atoms with Crippen LogP contribution in [0.25, 0.3) is 0 Å². The smallest absolute Gasteiger partial charge is 0.409 e. The van der Waals surface area contributed by atoms with Gasteiger partial charge in [0.15, 0.2) is 0 Å². The molecular weight excluding hydrogens is 847 g/mol. The number of benzene rings is 6. The molecule has 0 N–H and O–H groups in total. The van der Waals surface area contributed by atoms with Gasteiger partial charge in [0.25, 0.3) is 0 Å². The molecule has 0 bridgehead atoms. The van der Waals surface area contributed by atoms with Gasteiger partial charge in [-0.25, -0.2) is 8.42 Å². The maximum Gasteiger partial charge on any atom is 0.530 e. The summed E-state index contributed by atoms with van der Waals surface area (Å²) in [6.07, 6.45) is 1.56. The normalized spacial score (nSPS) is 12.5. The Labute approximate surface area is 377 Å². The molecule has 0 aliphatic heterocycles. The number of rotatable bonds is 18. The highest BCUT2D eigenvalue weighted by molar-refractivity contribution is 7.91. The van der Waals surface area contributed by atoms with E-state index in [0.29, 0.717) is 23.0 Å². The van der Waals surface area contributed by atoms with Crippen molar-refractivity contribution in [3.8, 4) is 34.5 Å². The molecule has 0 saturated carbocycles. The topological polar surface area (TPSA) is 89.5 Å². The van der Waals surface area contributed by atoms with E-state index in [0.717, 1.165) is 24.0 Å². The molecule has 63 heavy (non-hydrogen) atoms. The molecule has 6 rings (SSSR count). The molecule has 0 saturated heterocycles. The molecule has 6 aromatic carbocycles. The minimum atomic E-state index is -4.49. The third-order valence-electron chi connectivity index (χ3n) is 10.0. The van der Waals surface area contributed by atoms with Crippen LogP contribution in [0, 0.1) is 10.8 Å². The van der Waals surface area contributed by atoms with Gasteiger partial charge in [0.05, 0.1) is 0 Å². The van der Waals surface area contributed by atoms with Crippen LogP contribution in [0.15, 0.2) is 168 Å². The zero-order chi connectivity index (χ0) is 45.5. The molecule has 332 valence electrons. The fourth-order valence-electron chi connectivity index (χ4n) is 7.95. The SMILES string of the molecule is CC(C)(C)CC(C)(C)c1ccc(OP(Oc2ccccc2)Oc2ccccc2)c(S(=O)(=O)c2cc(C(C)(C)CC(C)(C)C)ccc2OP(Oc2ccccc2)Oc2ccccc2)c1. The maximum absolute atomic E-state index is 15.9. The lowest BCUT2D eigenvalue weighted by Crippen LogP contribution is -2.25. The number of hydrogen-bond donors (Lipinski definition) is 0. The lowest BCUT2D eigenvalue weighted by Gasteiger charge is -2.34. The summed E-state index contributed by atoms with van der Waals surface area (Å²) >= 11 is 0. The Morgan fingerprint density at radius 3 is 0.905 bits per heavy atom. The molecule has 0 unspecified atom stereocenters. The first-order valence-electron chi connectivity index (χ1n) is 21.1. The molecule has 0 aliphatic rings. The maximum atomic E-state index is 15.9. The van der Waals surface area contributed by atoms with Crippen LogP contribution in [-0.2, 0) is 20.7 Å². The summed E-state index contributed by atoms with van der Waals surface area (Å²) in [7, 11) is -8.95. The van der Waals surface area contributed by atoms with Crippen molar-refractivity contribution in [1.82, 2.24) is 0 Å². The fourth-order valence-corrected chi connectivity index (χ4v) is 11.7. The first-order chi connectivity index (χ1) is 29.7. The summed E-state index contributed by atoms with van der Waals surface area (Å²) in [4.78, 5) is -0.119. The monoisotopic (exact) mass is 906 g/mol. The molecule has 8 nitrogen and oxygen atoms in total. The second kappa shape index (κ2) is 19.8. The second-order valence-corrected chi connectivity index (χ2v) is 23.2. The Kier molecular flexibility index (Phi) is 14.9. The second-order valence-electron chi connectivity index (χ2n) is 19.3. The van der Waals surface area contributed by atoms with E-state index in [1.807, 2.05) is 84.9 Å². The van der Waals surface area contributed by atoms with Crippen LogP contribution in [0.4, 0.5) is 0 Å². The molecule has 0 fully saturated rings. The lowest BCUT2D eigenvalue weighted by atomic mass is 9.72. The van der Waals surface area contributed by atoms with Crippen LogP contribution >= 0.6 is 17.2 Å². The van der Waals surface area contributed by atoms with Crippen LogP contribution in [-0.4, -0.2) is 8.42 Å². The van der Waals surface area contributed by atoms with Crippen LogP contribution in [0.2, 0.25) is 0 Å². The van der Waals surface area contributed by atoms with Crippen molar-refractivity contribution in [1.29, 1.82) is 0 Å². The first-order valence-corrected chi connectivity index (χ1v) is 24.8. The number of hydrogen-bond acceptors (Lipinski definition) is 8. The molecule has 0 aliphatic carbocycles. The Bertz CT molecular complexity index is 2250. The van der Waals surface area contributed by atoms with Crippen molar-refractivity contribution >= 4 is 27.0 Å². The van der Waals surface area contributed by atoms with Gasteiger partial charge in [0, 0.05) is 0 Å². The molecule has 0 radical (unpaired) electrons. The number of para-hydroxylation sites is 4. The molecule has 6 aromatic rings. The number of sulfone groups is 1. The van der Waals surface area contributed by atoms with E-state index in [1.54, 1.807) is 72.8 Å². The van der Waals surface area contributed by atoms with Crippen molar-refractivity contribution in [2.45, 2.75) is 103 Å². The van der Waals surface area contributed by atoms with Crippen molar-refractivity contribution in [2.75, 3.05) is 0 Å². The largest absolute Gasteiger partial charge is 0.530 e. The molecule has 0 amide bonds. The highest BCUT2D eigenvalue weighted by atomic mass is 32.2. The van der Waals surface area contributed by atoms with E-state index < -0.39 is 37.9 Å². The Hall–Kier alpha value is -5.07. The van der Waals surface area contributed by atoms with Crippen LogP contribution in [0.3, 0.4) is 0 Å². The van der Waals surface area contributed by atoms with E-state index in [4.69, 9.17) is 27.1 Å². The zero-order valence-electron chi connectivity index (χ0n) is 38.0. The Morgan fingerprint density at radius 1 is 0.381 bits per heavy atom. The molecule has 0 heterocycles. The van der Waals surface area contributed by atoms with Gasteiger partial charge in [-0.05, 0) is 118 Å². The Balaban J connectivity index is 1.54. The van der Waals surface area contributed by atoms with Crippen molar-refractivity contribution in [2.24, 2.45) is 10.8 Å². The van der Waals surface area contributed by atoms with E-state index in [-0.39, 0.29) is 32.1 Å². The molecule has 0 atom stereocenters. The first kappa shape index (κ1) is 47.4. The molecular formula is C52H60O8P2S. The van der Waals surface area contributed by atoms with Crippen LogP contribution in [0.1, 0.15) is 93.2 Å². The molecule has 11 heteroatoms. The third kappa shape index (κ3) is 13.5. The predicted octanol–water partition coefficient (Wildman–Crippen LogP) is 15.5. The summed E-state index contributed by atoms with van der Waals surface area (Å²) in [6.45, 7) is 21.6. The van der Waals surface area contributed by atoms with E-state index in [9.17, 15) is 0 Å². The van der Waals surface area contributed by atoms with Gasteiger partial charge in [0.1, 0.15) is 44.3 Å². The molecule has 0 aromatic heterocycles. The van der Waals surface area contributed by atoms with Gasteiger partial charge in [0.2, 0.25) is 9.84 Å². The molecule has 0 spiro atoms. The minimum Gasteiger partial charge on any atom is -0.409 e. The summed E-state index contributed by atoms with van der Waals surface area (Å²) in [5, 5.41) is 0. The average Bonchev–Trinajstić information content (AvgIpc) is 3.20. The van der Waals surface area contributed by atoms with Gasteiger partial charge in [-0.3, -0.25) is 0 Å². The summed E-state index contributed by atoms with van der Waals surface area (Å²) in [5.41, 5.74) is 0.696. The highest BCUT2D eigenvalue weighted by Crippen LogP contribution is 2.50. The van der Waals surface area contributed by atoms with E-state index in [1.165, 1.54) is 0 Å². The van der Waals surface area contributed by atoms with Gasteiger partial charge >= 0.3 is 17.2 Å². The van der Waals surface area contributed by atoms with Crippen molar-refractivity contribution < 1.29 is 35.6 Å². The minimum absolute atomic E-state index is 0.0538. The Morgan fingerprint density at radius 2 is 0.651 bits per heavy atom. The summed E-state index contributed by atoms with van der Waals surface area (Å²) < 4.78 is 70.4. The van der Waals surface area contributed by atoms with Crippen molar-refractivity contribution in [3.63, 3.8) is 0 Å². The van der Waals surface area contributed by atoms with Crippen LogP contribution < -0.4 is 27.1 Å². The van der Waals surface area contributed by atoms with Gasteiger partial charge in [-0.1, -0.05) is 154 Å². The summed E-state index contributed by atoms with van der Waals surface area (Å²) in [6, 6.07) is 47.4. The lowest BCUT2D eigenvalue weighted by molar-refractivity contribution is 0.283. The quantitative estimate of drug-likeness (QED) is 0.0788. The van der Waals surface area contributed by atoms with Crippen molar-refractivity contribution in [3.05, 3.63) is 169 Å². The summed E-state index contributed by atoms with van der Waals surface area (Å²) in [5.74, 6) is 2.14. The van der Waals surface area contributed by atoms with Gasteiger partial charge in [-0.2, -0.15) is 0 Å². The average molecular weight is 907 g/mol.